The number of carbonyl (C=O) groups is 2. The molecule has 1 aromatic heterocycles. The zero-order valence-electron chi connectivity index (χ0n) is 16.1. The van der Waals surface area contributed by atoms with E-state index in [0.717, 1.165) is 31.7 Å². The highest BCUT2D eigenvalue weighted by Crippen LogP contribution is 2.16. The van der Waals surface area contributed by atoms with Gasteiger partial charge in [-0.05, 0) is 29.8 Å². The van der Waals surface area contributed by atoms with Crippen molar-refractivity contribution >= 4 is 11.9 Å². The highest BCUT2D eigenvalue weighted by Gasteiger charge is 2.26. The van der Waals surface area contributed by atoms with Gasteiger partial charge < -0.3 is 15.4 Å². The summed E-state index contributed by atoms with van der Waals surface area (Å²) in [7, 11) is 1.33. The Kier molecular flexibility index (Phi) is 6.73. The predicted molar refractivity (Wildman–Crippen MR) is 106 cm³/mol. The van der Waals surface area contributed by atoms with Crippen LogP contribution in [0.5, 0.6) is 0 Å². The molecule has 2 aromatic rings. The number of benzene rings is 1. The van der Waals surface area contributed by atoms with Gasteiger partial charge in [-0.1, -0.05) is 18.2 Å². The number of methoxy groups -OCH3 is 1. The maximum Gasteiger partial charge on any atom is 0.337 e. The lowest BCUT2D eigenvalue weighted by Crippen LogP contribution is -2.51. The van der Waals surface area contributed by atoms with E-state index in [4.69, 9.17) is 5.73 Å². The minimum absolute atomic E-state index is 0.0878. The molecule has 0 spiro atoms. The van der Waals surface area contributed by atoms with Crippen molar-refractivity contribution in [3.63, 3.8) is 0 Å². The van der Waals surface area contributed by atoms with Crippen LogP contribution in [0.4, 0.5) is 0 Å². The summed E-state index contributed by atoms with van der Waals surface area (Å²) in [5.74, 6) is -0.497. The molecule has 148 valence electrons. The fourth-order valence-corrected chi connectivity index (χ4v) is 3.29. The van der Waals surface area contributed by atoms with Crippen molar-refractivity contribution < 1.29 is 14.3 Å². The summed E-state index contributed by atoms with van der Waals surface area (Å²) in [6.45, 7) is 3.91. The van der Waals surface area contributed by atoms with Crippen LogP contribution < -0.4 is 5.73 Å². The average Bonchev–Trinajstić information content (AvgIpc) is 2.77. The molecule has 0 unspecified atom stereocenters. The zero-order chi connectivity index (χ0) is 19.9. The average molecular weight is 382 g/mol. The number of nitrogens with zero attached hydrogens (tertiary/aromatic N) is 3. The maximum atomic E-state index is 12.7. The van der Waals surface area contributed by atoms with Crippen molar-refractivity contribution in [1.82, 2.24) is 14.8 Å². The SMILES string of the molecule is COC(=O)c1ccc([C@@H](N)C(=O)N2CCN(CCc3ccccn3)CC2)cc1. The number of rotatable bonds is 6. The smallest absolute Gasteiger partial charge is 0.337 e. The molecule has 1 amide bonds. The molecule has 1 aliphatic rings. The van der Waals surface area contributed by atoms with Gasteiger partial charge in [0.05, 0.1) is 12.7 Å². The topological polar surface area (TPSA) is 88.8 Å². The highest BCUT2D eigenvalue weighted by atomic mass is 16.5. The van der Waals surface area contributed by atoms with Crippen LogP contribution in [-0.2, 0) is 16.0 Å². The Morgan fingerprint density at radius 1 is 1.11 bits per heavy atom. The van der Waals surface area contributed by atoms with E-state index in [1.807, 2.05) is 29.3 Å². The second-order valence-corrected chi connectivity index (χ2v) is 6.83. The molecule has 2 heterocycles. The molecule has 1 saturated heterocycles. The van der Waals surface area contributed by atoms with E-state index in [2.05, 4.69) is 14.6 Å². The van der Waals surface area contributed by atoms with Gasteiger partial charge in [-0.2, -0.15) is 0 Å². The van der Waals surface area contributed by atoms with Crippen LogP contribution in [0.2, 0.25) is 0 Å². The number of hydrogen-bond acceptors (Lipinski definition) is 6. The lowest BCUT2D eigenvalue weighted by Gasteiger charge is -2.36. The number of pyridine rings is 1. The first-order valence-electron chi connectivity index (χ1n) is 9.43. The summed E-state index contributed by atoms with van der Waals surface area (Å²) in [5.41, 5.74) is 8.38. The van der Waals surface area contributed by atoms with Gasteiger partial charge in [0.15, 0.2) is 0 Å². The molecule has 1 aromatic carbocycles. The molecule has 1 fully saturated rings. The lowest BCUT2D eigenvalue weighted by molar-refractivity contribution is -0.134. The molecule has 7 nitrogen and oxygen atoms in total. The third kappa shape index (κ3) is 4.94. The molecule has 28 heavy (non-hydrogen) atoms. The Morgan fingerprint density at radius 3 is 2.43 bits per heavy atom. The molecular formula is C21H26N4O3. The quantitative estimate of drug-likeness (QED) is 0.757. The predicted octanol–water partition coefficient (Wildman–Crippen LogP) is 1.25. The maximum absolute atomic E-state index is 12.7. The summed E-state index contributed by atoms with van der Waals surface area (Å²) in [4.78, 5) is 32.8. The molecule has 0 bridgehead atoms. The summed E-state index contributed by atoms with van der Waals surface area (Å²) in [6.07, 6.45) is 2.71. The standard InChI is InChI=1S/C21H26N4O3/c1-28-21(27)17-7-5-16(6-8-17)19(22)20(26)25-14-12-24(13-15-25)11-9-18-4-2-3-10-23-18/h2-8,10,19H,9,11-15,22H2,1H3/t19-/m1/s1. The van der Waals surface area contributed by atoms with E-state index < -0.39 is 12.0 Å². The van der Waals surface area contributed by atoms with Crippen LogP contribution in [0.15, 0.2) is 48.7 Å². The molecule has 0 aliphatic carbocycles. The molecule has 0 saturated carbocycles. The number of carbonyl (C=O) groups excluding carboxylic acids is 2. The molecular weight excluding hydrogens is 356 g/mol. The van der Waals surface area contributed by atoms with E-state index in [-0.39, 0.29) is 5.91 Å². The van der Waals surface area contributed by atoms with Gasteiger partial charge in [-0.3, -0.25) is 14.7 Å². The van der Waals surface area contributed by atoms with E-state index in [1.54, 1.807) is 24.3 Å². The number of piperazine rings is 1. The van der Waals surface area contributed by atoms with Crippen LogP contribution >= 0.6 is 0 Å². The van der Waals surface area contributed by atoms with E-state index in [9.17, 15) is 9.59 Å². The van der Waals surface area contributed by atoms with Crippen LogP contribution in [0, 0.1) is 0 Å². The Bertz CT molecular complexity index is 787. The molecule has 0 radical (unpaired) electrons. The number of hydrogen-bond donors (Lipinski definition) is 1. The van der Waals surface area contributed by atoms with Gasteiger partial charge in [-0.25, -0.2) is 4.79 Å². The molecule has 1 aliphatic heterocycles. The first kappa shape index (κ1) is 20.0. The Labute approximate surface area is 165 Å². The van der Waals surface area contributed by atoms with Gasteiger partial charge in [0.1, 0.15) is 6.04 Å². The summed E-state index contributed by atoms with van der Waals surface area (Å²) in [5, 5.41) is 0. The van der Waals surface area contributed by atoms with Crippen molar-refractivity contribution in [2.24, 2.45) is 5.73 Å². The number of esters is 1. The summed E-state index contributed by atoms with van der Waals surface area (Å²) >= 11 is 0. The van der Waals surface area contributed by atoms with Crippen LogP contribution in [-0.4, -0.2) is 66.5 Å². The highest BCUT2D eigenvalue weighted by molar-refractivity contribution is 5.89. The molecule has 3 rings (SSSR count). The van der Waals surface area contributed by atoms with E-state index in [0.29, 0.717) is 24.2 Å². The first-order chi connectivity index (χ1) is 13.6. The van der Waals surface area contributed by atoms with Crippen LogP contribution in [0.3, 0.4) is 0 Å². The number of amides is 1. The molecule has 2 N–H and O–H groups in total. The lowest BCUT2D eigenvalue weighted by atomic mass is 10.0. The Morgan fingerprint density at radius 2 is 1.82 bits per heavy atom. The van der Waals surface area contributed by atoms with Crippen molar-refractivity contribution in [2.45, 2.75) is 12.5 Å². The number of aromatic nitrogens is 1. The summed E-state index contributed by atoms with van der Waals surface area (Å²) in [6, 6.07) is 11.9. The first-order valence-corrected chi connectivity index (χ1v) is 9.43. The number of nitrogens with two attached hydrogens (primary N) is 1. The van der Waals surface area contributed by atoms with E-state index >= 15 is 0 Å². The van der Waals surface area contributed by atoms with Crippen molar-refractivity contribution in [1.29, 1.82) is 0 Å². The van der Waals surface area contributed by atoms with E-state index in [1.165, 1.54) is 7.11 Å². The minimum Gasteiger partial charge on any atom is -0.465 e. The fourth-order valence-electron chi connectivity index (χ4n) is 3.29. The Balaban J connectivity index is 1.49. The Hall–Kier alpha value is -2.77. The molecule has 1 atom stereocenters. The van der Waals surface area contributed by atoms with Gasteiger partial charge >= 0.3 is 5.97 Å². The van der Waals surface area contributed by atoms with Crippen molar-refractivity contribution in [3.8, 4) is 0 Å². The third-order valence-corrected chi connectivity index (χ3v) is 5.05. The van der Waals surface area contributed by atoms with Gasteiger partial charge in [0.25, 0.3) is 0 Å². The van der Waals surface area contributed by atoms with Crippen molar-refractivity contribution in [2.75, 3.05) is 39.8 Å². The van der Waals surface area contributed by atoms with Crippen molar-refractivity contribution in [3.05, 3.63) is 65.5 Å². The normalized spacial score (nSPS) is 15.9. The zero-order valence-corrected chi connectivity index (χ0v) is 16.1. The fraction of sp³-hybridized carbons (Fsp3) is 0.381. The number of ether oxygens (including phenoxy) is 1. The van der Waals surface area contributed by atoms with Crippen LogP contribution in [0.1, 0.15) is 27.7 Å². The largest absolute Gasteiger partial charge is 0.465 e. The van der Waals surface area contributed by atoms with Gasteiger partial charge in [-0.15, -0.1) is 0 Å². The van der Waals surface area contributed by atoms with Gasteiger partial charge in [0.2, 0.25) is 5.91 Å². The second kappa shape index (κ2) is 9.43. The monoisotopic (exact) mass is 382 g/mol. The second-order valence-electron chi connectivity index (χ2n) is 6.83. The van der Waals surface area contributed by atoms with Crippen LogP contribution in [0.25, 0.3) is 0 Å². The minimum atomic E-state index is -0.730. The summed E-state index contributed by atoms with van der Waals surface area (Å²) < 4.78 is 4.68. The van der Waals surface area contributed by atoms with Gasteiger partial charge in [0, 0.05) is 51.0 Å². The molecule has 7 heteroatoms. The third-order valence-electron chi connectivity index (χ3n) is 5.05.